The number of thiazole rings is 1. The van der Waals surface area contributed by atoms with E-state index >= 15 is 0 Å². The van der Waals surface area contributed by atoms with Gasteiger partial charge in [-0.25, -0.2) is 4.98 Å². The fourth-order valence-corrected chi connectivity index (χ4v) is 5.14. The maximum absolute atomic E-state index is 13.1. The van der Waals surface area contributed by atoms with E-state index in [2.05, 4.69) is 0 Å². The predicted molar refractivity (Wildman–Crippen MR) is 121 cm³/mol. The van der Waals surface area contributed by atoms with Gasteiger partial charge in [0.05, 0.1) is 22.0 Å². The molecule has 1 saturated heterocycles. The molecule has 0 saturated carbocycles. The van der Waals surface area contributed by atoms with Crippen molar-refractivity contribution in [1.82, 2.24) is 9.38 Å². The summed E-state index contributed by atoms with van der Waals surface area (Å²) in [5, 5.41) is 1.99. The zero-order chi connectivity index (χ0) is 19.1. The summed E-state index contributed by atoms with van der Waals surface area (Å²) < 4.78 is 2.55. The summed E-state index contributed by atoms with van der Waals surface area (Å²) in [5.41, 5.74) is 3.54. The van der Waals surface area contributed by atoms with Gasteiger partial charge in [0.25, 0.3) is 5.91 Å². The number of thiocarbonyl (C=S) groups is 1. The number of fused-ring (bicyclic) bond motifs is 1. The second kappa shape index (κ2) is 7.01. The van der Waals surface area contributed by atoms with Gasteiger partial charge in [-0.2, -0.15) is 0 Å². The highest BCUT2D eigenvalue weighted by molar-refractivity contribution is 8.27. The van der Waals surface area contributed by atoms with Crippen LogP contribution in [0, 0.1) is 0 Å². The number of imidazole rings is 1. The largest absolute Gasteiger partial charge is 0.290 e. The summed E-state index contributed by atoms with van der Waals surface area (Å²) in [6.45, 7) is 0. The number of hydrogen-bond donors (Lipinski definition) is 0. The molecule has 28 heavy (non-hydrogen) atoms. The van der Waals surface area contributed by atoms with E-state index in [1.165, 1.54) is 11.8 Å². The molecule has 2 aromatic heterocycles. The molecule has 136 valence electrons. The van der Waals surface area contributed by atoms with Crippen LogP contribution >= 0.6 is 35.3 Å². The SMILES string of the molecule is O=C1C(=Cc2c(-c3ccccc3)nc3sccn23)SC(=S)N1c1ccccc1. The first-order chi connectivity index (χ1) is 13.7. The number of anilines is 1. The molecular formula is C21H13N3OS3. The fraction of sp³-hybridized carbons (Fsp3) is 0. The molecule has 0 N–H and O–H groups in total. The average Bonchev–Trinajstić information content (AvgIpc) is 3.38. The molecule has 1 fully saturated rings. The lowest BCUT2D eigenvalue weighted by Crippen LogP contribution is -2.27. The third kappa shape index (κ3) is 2.88. The molecule has 4 nitrogen and oxygen atoms in total. The maximum Gasteiger partial charge on any atom is 0.270 e. The first-order valence-corrected chi connectivity index (χ1v) is 10.7. The summed E-state index contributed by atoms with van der Waals surface area (Å²) in [6.07, 6.45) is 3.88. The Morgan fingerprint density at radius 3 is 2.46 bits per heavy atom. The van der Waals surface area contributed by atoms with Gasteiger partial charge in [0.15, 0.2) is 9.28 Å². The van der Waals surface area contributed by atoms with Crippen molar-refractivity contribution in [3.05, 3.63) is 82.8 Å². The zero-order valence-electron chi connectivity index (χ0n) is 14.5. The van der Waals surface area contributed by atoms with E-state index in [1.54, 1.807) is 16.2 Å². The number of hydrogen-bond acceptors (Lipinski definition) is 5. The van der Waals surface area contributed by atoms with Gasteiger partial charge in [-0.1, -0.05) is 72.5 Å². The van der Waals surface area contributed by atoms with E-state index in [1.807, 2.05) is 82.7 Å². The molecule has 0 radical (unpaired) electrons. The molecule has 1 amide bonds. The maximum atomic E-state index is 13.1. The van der Waals surface area contributed by atoms with Gasteiger partial charge in [-0.05, 0) is 18.2 Å². The minimum Gasteiger partial charge on any atom is -0.290 e. The van der Waals surface area contributed by atoms with Crippen LogP contribution in [-0.2, 0) is 4.79 Å². The van der Waals surface area contributed by atoms with Crippen molar-refractivity contribution in [2.45, 2.75) is 0 Å². The van der Waals surface area contributed by atoms with Crippen molar-refractivity contribution in [3.63, 3.8) is 0 Å². The Kier molecular flexibility index (Phi) is 4.35. The number of thioether (sulfide) groups is 1. The minimum absolute atomic E-state index is 0.106. The van der Waals surface area contributed by atoms with Crippen LogP contribution in [0.15, 0.2) is 77.1 Å². The highest BCUT2D eigenvalue weighted by atomic mass is 32.2. The lowest BCUT2D eigenvalue weighted by Gasteiger charge is -2.13. The molecule has 0 aliphatic carbocycles. The van der Waals surface area contributed by atoms with Crippen molar-refractivity contribution in [2.24, 2.45) is 0 Å². The van der Waals surface area contributed by atoms with Crippen LogP contribution in [0.4, 0.5) is 5.69 Å². The Balaban J connectivity index is 1.62. The van der Waals surface area contributed by atoms with Crippen molar-refractivity contribution in [2.75, 3.05) is 4.90 Å². The van der Waals surface area contributed by atoms with E-state index < -0.39 is 0 Å². The summed E-state index contributed by atoms with van der Waals surface area (Å²) in [4.78, 5) is 20.9. The molecule has 5 rings (SSSR count). The van der Waals surface area contributed by atoms with E-state index in [-0.39, 0.29) is 5.91 Å². The molecular weight excluding hydrogens is 406 g/mol. The Morgan fingerprint density at radius 1 is 1.00 bits per heavy atom. The highest BCUT2D eigenvalue weighted by Gasteiger charge is 2.33. The lowest BCUT2D eigenvalue weighted by atomic mass is 10.1. The molecule has 3 heterocycles. The Morgan fingerprint density at radius 2 is 1.71 bits per heavy atom. The Labute approximate surface area is 175 Å². The van der Waals surface area contributed by atoms with Crippen LogP contribution in [0.5, 0.6) is 0 Å². The summed E-state index contributed by atoms with van der Waals surface area (Å²) in [7, 11) is 0. The van der Waals surface area contributed by atoms with Crippen LogP contribution in [0.2, 0.25) is 0 Å². The monoisotopic (exact) mass is 419 g/mol. The number of para-hydroxylation sites is 1. The number of benzene rings is 2. The summed E-state index contributed by atoms with van der Waals surface area (Å²) >= 11 is 8.37. The smallest absolute Gasteiger partial charge is 0.270 e. The molecule has 2 aromatic carbocycles. The van der Waals surface area contributed by atoms with Gasteiger partial charge >= 0.3 is 0 Å². The Bertz CT molecular complexity index is 1230. The van der Waals surface area contributed by atoms with Gasteiger partial charge in [0, 0.05) is 17.1 Å². The van der Waals surface area contributed by atoms with Gasteiger partial charge < -0.3 is 0 Å². The average molecular weight is 420 g/mol. The van der Waals surface area contributed by atoms with Crippen LogP contribution in [0.1, 0.15) is 5.69 Å². The van der Waals surface area contributed by atoms with E-state index in [4.69, 9.17) is 17.2 Å². The number of rotatable bonds is 3. The third-order valence-electron chi connectivity index (χ3n) is 4.42. The van der Waals surface area contributed by atoms with Crippen LogP contribution in [0.25, 0.3) is 22.3 Å². The van der Waals surface area contributed by atoms with Crippen LogP contribution in [-0.4, -0.2) is 19.6 Å². The molecule has 1 aliphatic heterocycles. The molecule has 0 unspecified atom stereocenters. The molecule has 7 heteroatoms. The minimum atomic E-state index is -0.106. The highest BCUT2D eigenvalue weighted by Crippen LogP contribution is 2.37. The van der Waals surface area contributed by atoms with Gasteiger partial charge in [0.2, 0.25) is 0 Å². The van der Waals surface area contributed by atoms with E-state index in [0.717, 1.165) is 27.6 Å². The second-order valence-corrected chi connectivity index (χ2v) is 8.67. The van der Waals surface area contributed by atoms with Crippen LogP contribution in [0.3, 0.4) is 0 Å². The number of carbonyl (C=O) groups is 1. The summed E-state index contributed by atoms with van der Waals surface area (Å²) in [5.74, 6) is -0.106. The number of carbonyl (C=O) groups excluding carboxylic acids is 1. The summed E-state index contributed by atoms with van der Waals surface area (Å²) in [6, 6.07) is 19.5. The number of nitrogens with zero attached hydrogens (tertiary/aromatic N) is 3. The predicted octanol–water partition coefficient (Wildman–Crippen LogP) is 5.47. The normalized spacial score (nSPS) is 15.9. The molecule has 0 bridgehead atoms. The fourth-order valence-electron chi connectivity index (χ4n) is 3.14. The molecule has 1 aliphatic rings. The van der Waals surface area contributed by atoms with Crippen molar-refractivity contribution >= 4 is 62.3 Å². The standard InChI is InChI=1S/C21H13N3OS3/c25-19-17(28-21(26)24(19)15-9-5-2-6-10-15)13-16-18(14-7-3-1-4-8-14)22-20-23(16)11-12-27-20/h1-13H. The van der Waals surface area contributed by atoms with Gasteiger partial charge in [0.1, 0.15) is 0 Å². The first-order valence-electron chi connectivity index (χ1n) is 8.56. The molecule has 4 aromatic rings. The topological polar surface area (TPSA) is 37.6 Å². The van der Waals surface area contributed by atoms with E-state index in [9.17, 15) is 4.79 Å². The second-order valence-electron chi connectivity index (χ2n) is 6.12. The Hall–Kier alpha value is -2.74. The van der Waals surface area contributed by atoms with Crippen molar-refractivity contribution in [3.8, 4) is 11.3 Å². The van der Waals surface area contributed by atoms with E-state index in [0.29, 0.717) is 9.23 Å². The van der Waals surface area contributed by atoms with Gasteiger partial charge in [-0.3, -0.25) is 14.1 Å². The number of aromatic nitrogens is 2. The van der Waals surface area contributed by atoms with Crippen molar-refractivity contribution in [1.29, 1.82) is 0 Å². The first kappa shape index (κ1) is 17.4. The van der Waals surface area contributed by atoms with Crippen LogP contribution < -0.4 is 4.90 Å². The van der Waals surface area contributed by atoms with Crippen molar-refractivity contribution < 1.29 is 4.79 Å². The molecule has 0 spiro atoms. The molecule has 0 atom stereocenters. The lowest BCUT2D eigenvalue weighted by molar-refractivity contribution is -0.113. The zero-order valence-corrected chi connectivity index (χ0v) is 16.9. The number of amides is 1. The quantitative estimate of drug-likeness (QED) is 0.326. The van der Waals surface area contributed by atoms with Gasteiger partial charge in [-0.15, -0.1) is 11.3 Å². The third-order valence-corrected chi connectivity index (χ3v) is 6.48.